The zero-order chi connectivity index (χ0) is 17.3. The molecule has 0 bridgehead atoms. The second kappa shape index (κ2) is 6.82. The summed E-state index contributed by atoms with van der Waals surface area (Å²) in [5, 5.41) is 3.54. The summed E-state index contributed by atoms with van der Waals surface area (Å²) < 4.78 is 27.1. The molecular formula is C17H25N3O3S. The lowest BCUT2D eigenvalue weighted by atomic mass is 10.1. The van der Waals surface area contributed by atoms with Gasteiger partial charge in [0, 0.05) is 24.7 Å². The van der Waals surface area contributed by atoms with Crippen molar-refractivity contribution in [3.63, 3.8) is 0 Å². The normalized spacial score (nSPS) is 20.2. The van der Waals surface area contributed by atoms with Crippen LogP contribution < -0.4 is 11.1 Å². The molecule has 0 spiro atoms. The van der Waals surface area contributed by atoms with Crippen LogP contribution in [0.25, 0.3) is 0 Å². The number of sulfonamides is 1. The number of hydrogen-bond donors (Lipinski definition) is 2. The number of rotatable bonds is 6. The Balaban J connectivity index is 1.67. The van der Waals surface area contributed by atoms with Crippen molar-refractivity contribution in [2.24, 2.45) is 11.7 Å². The van der Waals surface area contributed by atoms with Gasteiger partial charge < -0.3 is 11.1 Å². The Morgan fingerprint density at radius 2 is 1.92 bits per heavy atom. The molecule has 2 fully saturated rings. The SMILES string of the molecule is Cc1ccc(S(=O)(=O)N2CCC(NCC3CC3)CC2)cc1C(N)=O. The molecule has 3 rings (SSSR count). The zero-order valence-corrected chi connectivity index (χ0v) is 14.8. The molecule has 1 saturated carbocycles. The van der Waals surface area contributed by atoms with Gasteiger partial charge in [-0.3, -0.25) is 4.79 Å². The van der Waals surface area contributed by atoms with Crippen molar-refractivity contribution in [1.29, 1.82) is 0 Å². The maximum atomic E-state index is 12.8. The van der Waals surface area contributed by atoms with Gasteiger partial charge in [-0.15, -0.1) is 0 Å². The quantitative estimate of drug-likeness (QED) is 0.807. The van der Waals surface area contributed by atoms with Crippen LogP contribution in [0.5, 0.6) is 0 Å². The van der Waals surface area contributed by atoms with Gasteiger partial charge in [0.2, 0.25) is 15.9 Å². The molecule has 132 valence electrons. The van der Waals surface area contributed by atoms with Gasteiger partial charge in [0.15, 0.2) is 0 Å². The van der Waals surface area contributed by atoms with Gasteiger partial charge in [-0.2, -0.15) is 4.31 Å². The van der Waals surface area contributed by atoms with Crippen LogP contribution in [0, 0.1) is 12.8 Å². The van der Waals surface area contributed by atoms with E-state index in [1.165, 1.54) is 23.2 Å². The number of nitrogens with zero attached hydrogens (tertiary/aromatic N) is 1. The summed E-state index contributed by atoms with van der Waals surface area (Å²) in [5.74, 6) is 0.221. The Labute approximate surface area is 143 Å². The van der Waals surface area contributed by atoms with Gasteiger partial charge in [0.1, 0.15) is 0 Å². The monoisotopic (exact) mass is 351 g/mol. The minimum atomic E-state index is -3.58. The van der Waals surface area contributed by atoms with Crippen LogP contribution >= 0.6 is 0 Å². The van der Waals surface area contributed by atoms with Crippen molar-refractivity contribution in [2.75, 3.05) is 19.6 Å². The van der Waals surface area contributed by atoms with E-state index in [2.05, 4.69) is 5.32 Å². The lowest BCUT2D eigenvalue weighted by molar-refractivity contribution is 0.0999. The van der Waals surface area contributed by atoms with Crippen molar-refractivity contribution in [3.05, 3.63) is 29.3 Å². The van der Waals surface area contributed by atoms with Crippen LogP contribution in [0.3, 0.4) is 0 Å². The van der Waals surface area contributed by atoms with E-state index in [9.17, 15) is 13.2 Å². The number of hydrogen-bond acceptors (Lipinski definition) is 4. The van der Waals surface area contributed by atoms with Crippen LogP contribution in [-0.2, 0) is 10.0 Å². The Morgan fingerprint density at radius 3 is 2.50 bits per heavy atom. The molecule has 0 unspecified atom stereocenters. The smallest absolute Gasteiger partial charge is 0.249 e. The summed E-state index contributed by atoms with van der Waals surface area (Å²) in [6, 6.07) is 4.98. The maximum absolute atomic E-state index is 12.8. The molecule has 0 aromatic heterocycles. The fourth-order valence-corrected chi connectivity index (χ4v) is 4.63. The van der Waals surface area contributed by atoms with E-state index in [0.717, 1.165) is 25.3 Å². The highest BCUT2D eigenvalue weighted by molar-refractivity contribution is 7.89. The number of carbonyl (C=O) groups excluding carboxylic acids is 1. The van der Waals surface area contributed by atoms with Crippen molar-refractivity contribution in [3.8, 4) is 0 Å². The Morgan fingerprint density at radius 1 is 1.25 bits per heavy atom. The van der Waals surface area contributed by atoms with E-state index in [4.69, 9.17) is 5.73 Å². The number of amides is 1. The number of benzene rings is 1. The predicted molar refractivity (Wildman–Crippen MR) is 92.2 cm³/mol. The molecular weight excluding hydrogens is 326 g/mol. The molecule has 1 saturated heterocycles. The van der Waals surface area contributed by atoms with E-state index < -0.39 is 15.9 Å². The lowest BCUT2D eigenvalue weighted by Gasteiger charge is -2.32. The van der Waals surface area contributed by atoms with Crippen molar-refractivity contribution >= 4 is 15.9 Å². The third kappa shape index (κ3) is 3.79. The predicted octanol–water partition coefficient (Wildman–Crippen LogP) is 1.25. The Bertz CT molecular complexity index is 721. The average Bonchev–Trinajstić information content (AvgIpc) is 3.37. The minimum absolute atomic E-state index is 0.145. The largest absolute Gasteiger partial charge is 0.366 e. The second-order valence-corrected chi connectivity index (χ2v) is 8.81. The van der Waals surface area contributed by atoms with Gasteiger partial charge >= 0.3 is 0 Å². The number of nitrogens with two attached hydrogens (primary N) is 1. The van der Waals surface area contributed by atoms with E-state index in [1.807, 2.05) is 0 Å². The molecule has 1 aliphatic carbocycles. The Kier molecular flexibility index (Phi) is 4.94. The van der Waals surface area contributed by atoms with E-state index in [-0.39, 0.29) is 10.5 Å². The maximum Gasteiger partial charge on any atom is 0.249 e. The van der Waals surface area contributed by atoms with Crippen LogP contribution in [0.1, 0.15) is 41.6 Å². The first-order valence-electron chi connectivity index (χ1n) is 8.52. The third-order valence-electron chi connectivity index (χ3n) is 4.96. The summed E-state index contributed by atoms with van der Waals surface area (Å²) in [7, 11) is -3.58. The summed E-state index contributed by atoms with van der Waals surface area (Å²) in [6.07, 6.45) is 4.27. The molecule has 1 aromatic rings. The summed E-state index contributed by atoms with van der Waals surface area (Å²) in [4.78, 5) is 11.6. The number of primary amides is 1. The van der Waals surface area contributed by atoms with Crippen LogP contribution in [0.4, 0.5) is 0 Å². The first kappa shape index (κ1) is 17.4. The topological polar surface area (TPSA) is 92.5 Å². The summed E-state index contributed by atoms with van der Waals surface area (Å²) in [6.45, 7) is 3.81. The fourth-order valence-electron chi connectivity index (χ4n) is 3.13. The highest BCUT2D eigenvalue weighted by Gasteiger charge is 2.30. The molecule has 0 atom stereocenters. The number of aryl methyl sites for hydroxylation is 1. The molecule has 1 aromatic carbocycles. The molecule has 1 amide bonds. The number of piperidine rings is 1. The summed E-state index contributed by atoms with van der Waals surface area (Å²) >= 11 is 0. The molecule has 24 heavy (non-hydrogen) atoms. The second-order valence-electron chi connectivity index (χ2n) is 6.87. The zero-order valence-electron chi connectivity index (χ0n) is 14.0. The molecule has 2 aliphatic rings. The average molecular weight is 351 g/mol. The number of nitrogens with one attached hydrogen (secondary N) is 1. The first-order valence-corrected chi connectivity index (χ1v) is 9.96. The molecule has 6 nitrogen and oxygen atoms in total. The number of carbonyl (C=O) groups is 1. The minimum Gasteiger partial charge on any atom is -0.366 e. The fraction of sp³-hybridized carbons (Fsp3) is 0.588. The molecule has 0 radical (unpaired) electrons. The van der Waals surface area contributed by atoms with Gasteiger partial charge in [-0.05, 0) is 62.8 Å². The van der Waals surface area contributed by atoms with Gasteiger partial charge in [-0.1, -0.05) is 6.07 Å². The molecule has 1 aliphatic heterocycles. The van der Waals surface area contributed by atoms with Crippen molar-refractivity contribution in [1.82, 2.24) is 9.62 Å². The lowest BCUT2D eigenvalue weighted by Crippen LogP contribution is -2.45. The van der Waals surface area contributed by atoms with Gasteiger partial charge in [-0.25, -0.2) is 8.42 Å². The van der Waals surface area contributed by atoms with E-state index in [1.54, 1.807) is 19.1 Å². The first-order chi connectivity index (χ1) is 11.4. The molecule has 7 heteroatoms. The van der Waals surface area contributed by atoms with Crippen LogP contribution in [-0.4, -0.2) is 44.3 Å². The van der Waals surface area contributed by atoms with Crippen LogP contribution in [0.2, 0.25) is 0 Å². The third-order valence-corrected chi connectivity index (χ3v) is 6.85. The van der Waals surface area contributed by atoms with Crippen molar-refractivity contribution in [2.45, 2.75) is 43.5 Å². The molecule has 1 heterocycles. The summed E-state index contributed by atoms with van der Waals surface area (Å²) in [5.41, 5.74) is 6.28. The van der Waals surface area contributed by atoms with Gasteiger partial charge in [0.05, 0.1) is 4.90 Å². The highest BCUT2D eigenvalue weighted by atomic mass is 32.2. The van der Waals surface area contributed by atoms with E-state index >= 15 is 0 Å². The Hall–Kier alpha value is -1.44. The standard InChI is InChI=1S/C17H25N3O3S/c1-12-2-5-15(10-16(12)17(18)21)24(22,23)20-8-6-14(7-9-20)19-11-13-3-4-13/h2,5,10,13-14,19H,3-4,6-9,11H2,1H3,(H2,18,21). The van der Waals surface area contributed by atoms with Crippen molar-refractivity contribution < 1.29 is 13.2 Å². The molecule has 3 N–H and O–H groups in total. The highest BCUT2D eigenvalue weighted by Crippen LogP contribution is 2.28. The van der Waals surface area contributed by atoms with Gasteiger partial charge in [0.25, 0.3) is 0 Å². The van der Waals surface area contributed by atoms with Crippen LogP contribution in [0.15, 0.2) is 23.1 Å². The van der Waals surface area contributed by atoms with E-state index in [0.29, 0.717) is 24.7 Å².